The Balaban J connectivity index is 1.75. The van der Waals surface area contributed by atoms with Crippen molar-refractivity contribution in [2.45, 2.75) is 117 Å². The van der Waals surface area contributed by atoms with E-state index in [4.69, 9.17) is 4.74 Å². The lowest BCUT2D eigenvalue weighted by molar-refractivity contribution is -0.160. The molecule has 39 heavy (non-hydrogen) atoms. The summed E-state index contributed by atoms with van der Waals surface area (Å²) in [5.41, 5.74) is -0.949. The number of Topliss-reactive ketones (excluding diaryl/α,β-unsaturated/α-hetero) is 1. The highest BCUT2D eigenvalue weighted by molar-refractivity contribution is 5.97. The van der Waals surface area contributed by atoms with Crippen molar-refractivity contribution in [3.05, 3.63) is 24.3 Å². The summed E-state index contributed by atoms with van der Waals surface area (Å²) in [6.45, 7) is 11.3. The largest absolute Gasteiger partial charge is 0.460 e. The molecule has 0 spiro atoms. The number of nitrogens with zero attached hydrogens (tertiary/aromatic N) is 2. The van der Waals surface area contributed by atoms with Crippen molar-refractivity contribution < 1.29 is 23.9 Å². The Bertz CT molecular complexity index is 1010. The van der Waals surface area contributed by atoms with Crippen molar-refractivity contribution in [1.82, 2.24) is 20.6 Å². The van der Waals surface area contributed by atoms with Crippen LogP contribution in [0.5, 0.6) is 0 Å². The standard InChI is InChI=1S/C30H46N4O5/c1-29(2,3)21(26(36)33-22-14-10-13-20(22)28(38)39-30(4,5)6)17-24(35)25(19-11-8-7-9-12-19)34-27(37)23-18-31-15-16-32-23/h15-16,18-22,25H,7-14,17H2,1-6H3,(H,33,36)(H,34,37)/t20-,21?,22?,25+/m1/s1. The molecule has 9 heteroatoms. The summed E-state index contributed by atoms with van der Waals surface area (Å²) in [7, 11) is 0. The fraction of sp³-hybridized carbons (Fsp3) is 0.733. The quantitative estimate of drug-likeness (QED) is 0.443. The number of esters is 1. The summed E-state index contributed by atoms with van der Waals surface area (Å²) in [6, 6.07) is -1.02. The van der Waals surface area contributed by atoms with E-state index in [1.165, 1.54) is 18.6 Å². The van der Waals surface area contributed by atoms with Crippen molar-refractivity contribution in [1.29, 1.82) is 0 Å². The maximum atomic E-state index is 13.8. The fourth-order valence-electron chi connectivity index (χ4n) is 5.76. The van der Waals surface area contributed by atoms with Crippen molar-refractivity contribution in [3.63, 3.8) is 0 Å². The van der Waals surface area contributed by atoms with E-state index in [0.717, 1.165) is 38.5 Å². The lowest BCUT2D eigenvalue weighted by atomic mass is 9.74. The van der Waals surface area contributed by atoms with E-state index in [2.05, 4.69) is 20.6 Å². The number of carbonyl (C=O) groups excluding carboxylic acids is 4. The summed E-state index contributed by atoms with van der Waals surface area (Å²) in [6.07, 6.45) is 11.3. The minimum atomic E-state index is -0.696. The fourth-order valence-corrected chi connectivity index (χ4v) is 5.76. The van der Waals surface area contributed by atoms with Crippen LogP contribution < -0.4 is 10.6 Å². The monoisotopic (exact) mass is 542 g/mol. The van der Waals surface area contributed by atoms with Crippen molar-refractivity contribution in [2.75, 3.05) is 0 Å². The normalized spacial score (nSPS) is 22.0. The van der Waals surface area contributed by atoms with Gasteiger partial charge in [0.05, 0.1) is 18.2 Å². The zero-order valence-electron chi connectivity index (χ0n) is 24.4. The van der Waals surface area contributed by atoms with Crippen LogP contribution in [0.2, 0.25) is 0 Å². The van der Waals surface area contributed by atoms with Gasteiger partial charge in [0, 0.05) is 30.8 Å². The van der Waals surface area contributed by atoms with E-state index >= 15 is 0 Å². The Morgan fingerprint density at radius 1 is 0.949 bits per heavy atom. The number of hydrogen-bond acceptors (Lipinski definition) is 7. The third-order valence-electron chi connectivity index (χ3n) is 7.87. The lowest BCUT2D eigenvalue weighted by Gasteiger charge is -2.34. The summed E-state index contributed by atoms with van der Waals surface area (Å²) >= 11 is 0. The molecule has 2 fully saturated rings. The molecule has 0 bridgehead atoms. The summed E-state index contributed by atoms with van der Waals surface area (Å²) < 4.78 is 5.60. The van der Waals surface area contributed by atoms with E-state index in [-0.39, 0.29) is 41.7 Å². The molecule has 2 aliphatic carbocycles. The predicted octanol–water partition coefficient (Wildman–Crippen LogP) is 4.40. The van der Waals surface area contributed by atoms with Crippen LogP contribution in [-0.2, 0) is 19.1 Å². The molecule has 0 aliphatic heterocycles. The Morgan fingerprint density at radius 2 is 1.64 bits per heavy atom. The van der Waals surface area contributed by atoms with Crippen LogP contribution >= 0.6 is 0 Å². The van der Waals surface area contributed by atoms with Crippen LogP contribution in [0, 0.1) is 23.2 Å². The first-order chi connectivity index (χ1) is 18.3. The van der Waals surface area contributed by atoms with Crippen molar-refractivity contribution in [3.8, 4) is 0 Å². The van der Waals surface area contributed by atoms with Gasteiger partial charge in [-0.25, -0.2) is 4.98 Å². The van der Waals surface area contributed by atoms with Gasteiger partial charge in [-0.15, -0.1) is 0 Å². The molecule has 2 unspecified atom stereocenters. The second-order valence-corrected chi connectivity index (χ2v) is 13.2. The molecule has 2 amide bonds. The first kappa shape index (κ1) is 30.7. The Hall–Kier alpha value is -2.84. The number of carbonyl (C=O) groups is 4. The molecule has 9 nitrogen and oxygen atoms in total. The third kappa shape index (κ3) is 8.83. The Morgan fingerprint density at radius 3 is 2.23 bits per heavy atom. The SMILES string of the molecule is CC(C)(C)OC(=O)[C@@H]1CCCC1NC(=O)C(CC(=O)[C@@H](NC(=O)c1cnccn1)C1CCCCC1)C(C)(C)C. The van der Waals surface area contributed by atoms with E-state index < -0.39 is 34.8 Å². The van der Waals surface area contributed by atoms with Crippen LogP contribution in [0.25, 0.3) is 0 Å². The number of ether oxygens (including phenoxy) is 1. The van der Waals surface area contributed by atoms with Gasteiger partial charge in [-0.2, -0.15) is 0 Å². The second-order valence-electron chi connectivity index (χ2n) is 13.2. The highest BCUT2D eigenvalue weighted by atomic mass is 16.6. The van der Waals surface area contributed by atoms with Crippen molar-refractivity contribution in [2.24, 2.45) is 23.2 Å². The van der Waals surface area contributed by atoms with Gasteiger partial charge >= 0.3 is 5.97 Å². The number of hydrogen-bond donors (Lipinski definition) is 2. The average molecular weight is 543 g/mol. The number of amides is 2. The number of ketones is 1. The molecule has 0 aromatic carbocycles. The van der Waals surface area contributed by atoms with Gasteiger partial charge in [-0.1, -0.05) is 46.5 Å². The van der Waals surface area contributed by atoms with E-state index in [1.54, 1.807) is 0 Å². The molecule has 4 atom stereocenters. The van der Waals surface area contributed by atoms with Gasteiger partial charge in [0.25, 0.3) is 5.91 Å². The smallest absolute Gasteiger partial charge is 0.311 e. The third-order valence-corrected chi connectivity index (χ3v) is 7.87. The topological polar surface area (TPSA) is 127 Å². The van der Waals surface area contributed by atoms with E-state index in [1.807, 2.05) is 41.5 Å². The molecule has 0 saturated heterocycles. The van der Waals surface area contributed by atoms with Crippen LogP contribution in [0.3, 0.4) is 0 Å². The van der Waals surface area contributed by atoms with Crippen LogP contribution in [0.1, 0.15) is 110 Å². The van der Waals surface area contributed by atoms with Crippen LogP contribution in [-0.4, -0.2) is 51.2 Å². The van der Waals surface area contributed by atoms with Gasteiger partial charge in [0.2, 0.25) is 5.91 Å². The highest BCUT2D eigenvalue weighted by Crippen LogP contribution is 2.34. The number of nitrogens with one attached hydrogen (secondary N) is 2. The number of rotatable bonds is 9. The molecule has 2 aliphatic rings. The first-order valence-electron chi connectivity index (χ1n) is 14.4. The molecule has 2 saturated carbocycles. The molecular formula is C30H46N4O5. The maximum Gasteiger partial charge on any atom is 0.311 e. The molecule has 1 aromatic heterocycles. The minimum absolute atomic E-state index is 0.00106. The lowest BCUT2D eigenvalue weighted by Crippen LogP contribution is -2.50. The predicted molar refractivity (Wildman–Crippen MR) is 148 cm³/mol. The van der Waals surface area contributed by atoms with E-state index in [9.17, 15) is 19.2 Å². The molecule has 0 radical (unpaired) electrons. The maximum absolute atomic E-state index is 13.8. The van der Waals surface area contributed by atoms with E-state index in [0.29, 0.717) is 12.8 Å². The first-order valence-corrected chi connectivity index (χ1v) is 14.4. The summed E-state index contributed by atoms with van der Waals surface area (Å²) in [5.74, 6) is -2.12. The Labute approximate surface area is 232 Å². The van der Waals surface area contributed by atoms with Crippen LogP contribution in [0.4, 0.5) is 0 Å². The molecule has 1 aromatic rings. The van der Waals surface area contributed by atoms with Gasteiger partial charge < -0.3 is 15.4 Å². The van der Waals surface area contributed by atoms with Gasteiger partial charge in [0.15, 0.2) is 5.78 Å². The Kier molecular flexibility index (Phi) is 10.2. The molecule has 1 heterocycles. The minimum Gasteiger partial charge on any atom is -0.460 e. The summed E-state index contributed by atoms with van der Waals surface area (Å²) in [5, 5.41) is 6.03. The number of aromatic nitrogens is 2. The van der Waals surface area contributed by atoms with Gasteiger partial charge in [-0.3, -0.25) is 24.2 Å². The zero-order chi connectivity index (χ0) is 28.8. The zero-order valence-corrected chi connectivity index (χ0v) is 24.4. The molecule has 3 rings (SSSR count). The molecule has 216 valence electrons. The summed E-state index contributed by atoms with van der Waals surface area (Å²) in [4.78, 5) is 61.3. The molecular weight excluding hydrogens is 496 g/mol. The highest BCUT2D eigenvalue weighted by Gasteiger charge is 2.42. The molecule has 2 N–H and O–H groups in total. The second kappa shape index (κ2) is 13.0. The van der Waals surface area contributed by atoms with Gasteiger partial charge in [-0.05, 0) is 57.8 Å². The average Bonchev–Trinajstić information content (AvgIpc) is 3.33. The van der Waals surface area contributed by atoms with Gasteiger partial charge in [0.1, 0.15) is 11.3 Å². The van der Waals surface area contributed by atoms with Crippen molar-refractivity contribution >= 4 is 23.6 Å². The van der Waals surface area contributed by atoms with Crippen LogP contribution in [0.15, 0.2) is 18.6 Å².